The van der Waals surface area contributed by atoms with Crippen LogP contribution in [0.2, 0.25) is 0 Å². The van der Waals surface area contributed by atoms with Crippen LogP contribution >= 0.6 is 0 Å². The van der Waals surface area contributed by atoms with Gasteiger partial charge < -0.3 is 9.64 Å². The third kappa shape index (κ3) is 2.53. The molecule has 3 heteroatoms. The summed E-state index contributed by atoms with van der Waals surface area (Å²) in [5.41, 5.74) is 3.22. The lowest BCUT2D eigenvalue weighted by Gasteiger charge is -2.34. The van der Waals surface area contributed by atoms with Crippen molar-refractivity contribution in [2.75, 3.05) is 0 Å². The second kappa shape index (κ2) is 5.75. The van der Waals surface area contributed by atoms with Gasteiger partial charge in [-0.15, -0.1) is 0 Å². The van der Waals surface area contributed by atoms with Gasteiger partial charge in [0, 0.05) is 12.8 Å². The van der Waals surface area contributed by atoms with Gasteiger partial charge in [-0.25, -0.2) is 0 Å². The Bertz CT molecular complexity index is 753. The molecule has 2 aromatic carbocycles. The third-order valence-corrected chi connectivity index (χ3v) is 5.18. The van der Waals surface area contributed by atoms with E-state index in [-0.39, 0.29) is 18.1 Å². The Balaban J connectivity index is 1.57. The molecule has 1 aliphatic heterocycles. The molecule has 0 saturated carbocycles. The number of amides is 1. The highest BCUT2D eigenvalue weighted by molar-refractivity contribution is 5.78. The second-order valence-corrected chi connectivity index (χ2v) is 7.20. The van der Waals surface area contributed by atoms with Crippen LogP contribution in [0, 0.1) is 0 Å². The first-order valence-electron chi connectivity index (χ1n) is 8.68. The number of carbonyl (C=O) groups excluding carboxylic acids is 1. The number of rotatable bonds is 3. The number of hydrogen-bond acceptors (Lipinski definition) is 2. The number of nitrogens with zero attached hydrogens (tertiary/aromatic N) is 1. The molecule has 124 valence electrons. The Kier molecular flexibility index (Phi) is 3.69. The molecule has 24 heavy (non-hydrogen) atoms. The van der Waals surface area contributed by atoms with E-state index in [4.69, 9.17) is 4.74 Å². The predicted molar refractivity (Wildman–Crippen MR) is 93.4 cm³/mol. The number of carbonyl (C=O) groups is 1. The normalized spacial score (nSPS) is 23.8. The van der Waals surface area contributed by atoms with Crippen molar-refractivity contribution in [3.63, 3.8) is 0 Å². The maximum Gasteiger partial charge on any atom is 0.225 e. The van der Waals surface area contributed by atoms with E-state index in [2.05, 4.69) is 36.4 Å². The fraction of sp³-hybridized carbons (Fsp3) is 0.381. The summed E-state index contributed by atoms with van der Waals surface area (Å²) >= 11 is 0. The number of ether oxygens (including phenoxy) is 1. The van der Waals surface area contributed by atoms with Gasteiger partial charge in [-0.05, 0) is 37.0 Å². The van der Waals surface area contributed by atoms with Crippen molar-refractivity contribution in [1.82, 2.24) is 4.90 Å². The lowest BCUT2D eigenvalue weighted by Crippen LogP contribution is -2.44. The maximum atomic E-state index is 13.0. The van der Waals surface area contributed by atoms with Crippen LogP contribution in [0.25, 0.3) is 0 Å². The summed E-state index contributed by atoms with van der Waals surface area (Å²) < 4.78 is 6.25. The van der Waals surface area contributed by atoms with E-state index < -0.39 is 5.72 Å². The summed E-state index contributed by atoms with van der Waals surface area (Å²) in [6.07, 6.45) is 2.26. The van der Waals surface area contributed by atoms with Crippen LogP contribution in [0.1, 0.15) is 43.0 Å². The molecule has 4 rings (SSSR count). The summed E-state index contributed by atoms with van der Waals surface area (Å²) in [5.74, 6) is 0.174. The number of fused-ring (bicyclic) bond motifs is 3. The highest BCUT2D eigenvalue weighted by Crippen LogP contribution is 2.48. The van der Waals surface area contributed by atoms with E-state index in [0.717, 1.165) is 12.8 Å². The van der Waals surface area contributed by atoms with Crippen LogP contribution in [-0.4, -0.2) is 22.6 Å². The first kappa shape index (κ1) is 15.4. The van der Waals surface area contributed by atoms with Crippen LogP contribution < -0.4 is 0 Å². The minimum absolute atomic E-state index is 0.0551. The molecule has 3 nitrogen and oxygen atoms in total. The Labute approximate surface area is 143 Å². The van der Waals surface area contributed by atoms with E-state index in [1.54, 1.807) is 0 Å². The van der Waals surface area contributed by atoms with Gasteiger partial charge in [-0.1, -0.05) is 54.6 Å². The summed E-state index contributed by atoms with van der Waals surface area (Å²) in [6.45, 7) is 4.02. The Morgan fingerprint density at radius 2 is 1.83 bits per heavy atom. The molecule has 1 aliphatic carbocycles. The molecule has 0 spiro atoms. The van der Waals surface area contributed by atoms with Gasteiger partial charge in [-0.2, -0.15) is 0 Å². The zero-order valence-corrected chi connectivity index (χ0v) is 14.2. The Morgan fingerprint density at radius 3 is 2.62 bits per heavy atom. The number of aryl methyl sites for hydroxylation is 1. The summed E-state index contributed by atoms with van der Waals surface area (Å²) in [6, 6.07) is 18.7. The quantitative estimate of drug-likeness (QED) is 0.858. The van der Waals surface area contributed by atoms with Crippen LogP contribution in [0.15, 0.2) is 54.6 Å². The van der Waals surface area contributed by atoms with Crippen LogP contribution in [0.4, 0.5) is 0 Å². The van der Waals surface area contributed by atoms with Crippen molar-refractivity contribution in [2.45, 2.75) is 51.0 Å². The molecule has 1 fully saturated rings. The molecular formula is C21H23NO2. The topological polar surface area (TPSA) is 29.5 Å². The molecule has 1 saturated heterocycles. The van der Waals surface area contributed by atoms with Crippen LogP contribution in [0.5, 0.6) is 0 Å². The second-order valence-electron chi connectivity index (χ2n) is 7.20. The summed E-state index contributed by atoms with van der Waals surface area (Å²) in [4.78, 5) is 15.0. The molecule has 1 amide bonds. The van der Waals surface area contributed by atoms with Gasteiger partial charge in [0.15, 0.2) is 0 Å². The fourth-order valence-electron chi connectivity index (χ4n) is 4.18. The van der Waals surface area contributed by atoms with Crippen molar-refractivity contribution in [2.24, 2.45) is 0 Å². The summed E-state index contributed by atoms with van der Waals surface area (Å²) in [7, 11) is 0. The highest BCUT2D eigenvalue weighted by Gasteiger charge is 2.53. The molecular weight excluding hydrogens is 298 g/mol. The monoisotopic (exact) mass is 321 g/mol. The highest BCUT2D eigenvalue weighted by atomic mass is 16.5. The number of hydrogen-bond donors (Lipinski definition) is 0. The first-order valence-corrected chi connectivity index (χ1v) is 8.68. The van der Waals surface area contributed by atoms with Crippen LogP contribution in [-0.2, 0) is 22.4 Å². The van der Waals surface area contributed by atoms with Gasteiger partial charge in [0.05, 0.1) is 12.1 Å². The van der Waals surface area contributed by atoms with E-state index in [9.17, 15) is 4.79 Å². The fourth-order valence-corrected chi connectivity index (χ4v) is 4.18. The van der Waals surface area contributed by atoms with E-state index >= 15 is 0 Å². The van der Waals surface area contributed by atoms with Gasteiger partial charge in [0.1, 0.15) is 5.72 Å². The van der Waals surface area contributed by atoms with E-state index in [1.807, 2.05) is 36.9 Å². The third-order valence-electron chi connectivity index (χ3n) is 5.18. The van der Waals surface area contributed by atoms with Crippen molar-refractivity contribution < 1.29 is 9.53 Å². The molecule has 0 unspecified atom stereocenters. The molecule has 1 heterocycles. The van der Waals surface area contributed by atoms with Gasteiger partial charge in [0.25, 0.3) is 0 Å². The molecule has 0 bridgehead atoms. The maximum absolute atomic E-state index is 13.0. The lowest BCUT2D eigenvalue weighted by molar-refractivity contribution is -0.147. The number of benzene rings is 2. The first-order chi connectivity index (χ1) is 11.6. The molecule has 0 aromatic heterocycles. The smallest absolute Gasteiger partial charge is 0.225 e. The van der Waals surface area contributed by atoms with E-state index in [0.29, 0.717) is 6.42 Å². The largest absolute Gasteiger partial charge is 0.350 e. The minimum atomic E-state index is -0.545. The van der Waals surface area contributed by atoms with Crippen molar-refractivity contribution in [1.29, 1.82) is 0 Å². The Morgan fingerprint density at radius 1 is 1.12 bits per heavy atom. The molecule has 0 N–H and O–H groups in total. The molecule has 0 radical (unpaired) electrons. The van der Waals surface area contributed by atoms with Crippen LogP contribution in [0.3, 0.4) is 0 Å². The lowest BCUT2D eigenvalue weighted by atomic mass is 10.0. The van der Waals surface area contributed by atoms with Gasteiger partial charge in [0.2, 0.25) is 5.91 Å². The van der Waals surface area contributed by atoms with Crippen molar-refractivity contribution in [3.8, 4) is 0 Å². The summed E-state index contributed by atoms with van der Waals surface area (Å²) in [5, 5.41) is 0. The average molecular weight is 321 g/mol. The SMILES string of the molecule is CC1(C)O[C@@H]2Cc3ccccc3[C@@H]2N1C(=O)CCc1ccccc1. The van der Waals surface area contributed by atoms with Gasteiger partial charge in [-0.3, -0.25) is 4.79 Å². The zero-order valence-electron chi connectivity index (χ0n) is 14.2. The molecule has 2 atom stereocenters. The van der Waals surface area contributed by atoms with Crippen molar-refractivity contribution >= 4 is 5.91 Å². The predicted octanol–water partition coefficient (Wildman–Crippen LogP) is 3.88. The molecule has 2 aliphatic rings. The Hall–Kier alpha value is -2.13. The minimum Gasteiger partial charge on any atom is -0.350 e. The molecule has 2 aromatic rings. The average Bonchev–Trinajstić information content (AvgIpc) is 3.04. The van der Waals surface area contributed by atoms with Gasteiger partial charge >= 0.3 is 0 Å². The standard InChI is InChI=1S/C21H23NO2/c1-21(2)22(19(23)13-12-15-8-4-3-5-9-15)20-17-11-7-6-10-16(17)14-18(20)24-21/h3-11,18,20H,12-14H2,1-2H3/t18-,20+/m1/s1. The zero-order chi connectivity index (χ0) is 16.7. The van der Waals surface area contributed by atoms with E-state index in [1.165, 1.54) is 16.7 Å². The van der Waals surface area contributed by atoms with Crippen molar-refractivity contribution in [3.05, 3.63) is 71.3 Å².